The summed E-state index contributed by atoms with van der Waals surface area (Å²) in [7, 11) is 0. The minimum Gasteiger partial charge on any atom is -0.503 e. The van der Waals surface area contributed by atoms with Crippen molar-refractivity contribution in [1.29, 1.82) is 0 Å². The predicted molar refractivity (Wildman–Crippen MR) is 145 cm³/mol. The molecule has 0 saturated heterocycles. The molecule has 1 N–H and O–H groups in total. The summed E-state index contributed by atoms with van der Waals surface area (Å²) < 4.78 is 14.6. The number of ketones is 1. The molecule has 0 aliphatic carbocycles. The minimum atomic E-state index is -1.01. The molecule has 11 heteroatoms. The first kappa shape index (κ1) is 24.4. The molecular formula is C27H16ClFN4O3S2. The van der Waals surface area contributed by atoms with Crippen LogP contribution in [0, 0.1) is 12.7 Å². The second kappa shape index (κ2) is 9.39. The van der Waals surface area contributed by atoms with Crippen molar-refractivity contribution in [3.8, 4) is 10.6 Å². The van der Waals surface area contributed by atoms with E-state index in [1.54, 1.807) is 25.3 Å². The molecular weight excluding hydrogens is 547 g/mol. The van der Waals surface area contributed by atoms with Gasteiger partial charge < -0.3 is 5.11 Å². The zero-order chi connectivity index (χ0) is 26.6. The van der Waals surface area contributed by atoms with E-state index >= 15 is 0 Å². The van der Waals surface area contributed by atoms with Crippen molar-refractivity contribution in [2.75, 3.05) is 4.90 Å². The number of anilines is 1. The summed E-state index contributed by atoms with van der Waals surface area (Å²) in [6.07, 6.45) is 3.09. The fraction of sp³-hybridized carbons (Fsp3) is 0.0741. The van der Waals surface area contributed by atoms with Crippen molar-refractivity contribution in [2.45, 2.75) is 13.0 Å². The van der Waals surface area contributed by atoms with Gasteiger partial charge in [0.1, 0.15) is 10.8 Å². The van der Waals surface area contributed by atoms with Crippen LogP contribution in [-0.4, -0.2) is 31.7 Å². The third kappa shape index (κ3) is 3.97. The van der Waals surface area contributed by atoms with Gasteiger partial charge in [-0.25, -0.2) is 14.4 Å². The summed E-state index contributed by atoms with van der Waals surface area (Å²) in [4.78, 5) is 42.2. The quantitative estimate of drug-likeness (QED) is 0.239. The standard InChI is InChI=1S/C27H16ClFN4O3S2/c1-13-24(38-25(31-13)14-6-3-2-4-7-14)22(34)20-21(15-8-5-9-30-12-15)33(26(36)23(20)35)27-32-18-10-16(28)17(29)11-19(18)37-27/h2-12,21,35H,1H3. The average Bonchev–Trinajstić information content (AvgIpc) is 3.59. The van der Waals surface area contributed by atoms with Gasteiger partial charge in [0.05, 0.1) is 37.4 Å². The third-order valence-corrected chi connectivity index (χ3v) is 8.61. The predicted octanol–water partition coefficient (Wildman–Crippen LogP) is 6.70. The molecule has 1 aliphatic heterocycles. The second-order valence-electron chi connectivity index (χ2n) is 8.49. The van der Waals surface area contributed by atoms with Crippen molar-refractivity contribution in [3.63, 3.8) is 0 Å². The molecule has 188 valence electrons. The molecule has 5 aromatic rings. The Balaban J connectivity index is 1.48. The lowest BCUT2D eigenvalue weighted by Gasteiger charge is -2.24. The van der Waals surface area contributed by atoms with E-state index < -0.39 is 29.3 Å². The molecule has 0 bridgehead atoms. The van der Waals surface area contributed by atoms with Gasteiger partial charge in [-0.2, -0.15) is 0 Å². The van der Waals surface area contributed by atoms with Crippen LogP contribution in [0.3, 0.4) is 0 Å². The number of aromatic nitrogens is 3. The van der Waals surface area contributed by atoms with E-state index in [1.807, 2.05) is 30.3 Å². The van der Waals surface area contributed by atoms with E-state index in [2.05, 4.69) is 15.0 Å². The van der Waals surface area contributed by atoms with Gasteiger partial charge in [0.15, 0.2) is 10.9 Å². The number of Topliss-reactive ketones (excluding diaryl/α,β-unsaturated/α-hetero) is 1. The lowest BCUT2D eigenvalue weighted by molar-refractivity contribution is -0.117. The monoisotopic (exact) mass is 562 g/mol. The lowest BCUT2D eigenvalue weighted by atomic mass is 9.96. The van der Waals surface area contributed by atoms with Gasteiger partial charge in [0, 0.05) is 18.0 Å². The number of benzene rings is 2. The van der Waals surface area contributed by atoms with Gasteiger partial charge in [-0.15, -0.1) is 11.3 Å². The van der Waals surface area contributed by atoms with Crippen LogP contribution in [-0.2, 0) is 4.79 Å². The number of hydrogen-bond acceptors (Lipinski definition) is 8. The van der Waals surface area contributed by atoms with Crippen LogP contribution in [0.4, 0.5) is 9.52 Å². The highest BCUT2D eigenvalue weighted by Gasteiger charge is 2.46. The number of aliphatic hydroxyl groups is 1. The van der Waals surface area contributed by atoms with E-state index in [0.717, 1.165) is 16.9 Å². The number of halogens is 2. The molecule has 0 fully saturated rings. The number of aryl methyl sites for hydroxylation is 1. The Bertz CT molecular complexity index is 1730. The van der Waals surface area contributed by atoms with Crippen LogP contribution in [0.25, 0.3) is 20.8 Å². The van der Waals surface area contributed by atoms with E-state index in [-0.39, 0.29) is 15.7 Å². The smallest absolute Gasteiger partial charge is 0.296 e. The number of pyridine rings is 1. The summed E-state index contributed by atoms with van der Waals surface area (Å²) in [6, 6.07) is 14.4. The maximum Gasteiger partial charge on any atom is 0.296 e. The number of carbonyl (C=O) groups is 2. The number of amides is 1. The maximum atomic E-state index is 14.1. The SMILES string of the molecule is Cc1nc(-c2ccccc2)sc1C(=O)C1=C(O)C(=O)N(c2nc3cc(Cl)c(F)cc3s2)C1c1cccnc1. The number of hydrogen-bond donors (Lipinski definition) is 1. The van der Waals surface area contributed by atoms with Crippen molar-refractivity contribution >= 4 is 61.3 Å². The highest BCUT2D eigenvalue weighted by atomic mass is 35.5. The van der Waals surface area contributed by atoms with Crippen molar-refractivity contribution in [2.24, 2.45) is 0 Å². The highest BCUT2D eigenvalue weighted by Crippen LogP contribution is 2.45. The number of fused-ring (bicyclic) bond motifs is 1. The second-order valence-corrected chi connectivity index (χ2v) is 10.9. The highest BCUT2D eigenvalue weighted by molar-refractivity contribution is 7.22. The van der Waals surface area contributed by atoms with Gasteiger partial charge in [0.25, 0.3) is 5.91 Å². The molecule has 1 aliphatic rings. The van der Waals surface area contributed by atoms with Crippen LogP contribution < -0.4 is 4.90 Å². The first-order chi connectivity index (χ1) is 18.3. The van der Waals surface area contributed by atoms with E-state index in [0.29, 0.717) is 31.4 Å². The molecule has 6 rings (SSSR count). The Hall–Kier alpha value is -3.99. The van der Waals surface area contributed by atoms with E-state index in [9.17, 15) is 19.1 Å². The van der Waals surface area contributed by atoms with Gasteiger partial charge in [-0.3, -0.25) is 19.5 Å². The van der Waals surface area contributed by atoms with Crippen molar-refractivity contribution in [1.82, 2.24) is 15.0 Å². The third-order valence-electron chi connectivity index (χ3n) is 6.10. The Kier molecular flexibility index (Phi) is 6.02. The Morgan fingerprint density at radius 3 is 2.63 bits per heavy atom. The fourth-order valence-corrected chi connectivity index (χ4v) is 6.52. The first-order valence-corrected chi connectivity index (χ1v) is 13.3. The molecule has 2 aromatic carbocycles. The molecule has 7 nitrogen and oxygen atoms in total. The molecule has 38 heavy (non-hydrogen) atoms. The minimum absolute atomic E-state index is 0.0992. The Labute approximate surface area is 228 Å². The first-order valence-electron chi connectivity index (χ1n) is 11.3. The van der Waals surface area contributed by atoms with Crippen molar-refractivity contribution < 1.29 is 19.1 Å². The summed E-state index contributed by atoms with van der Waals surface area (Å²) in [5, 5.41) is 11.8. The molecule has 1 amide bonds. The fourth-order valence-electron chi connectivity index (χ4n) is 4.34. The number of nitrogens with zero attached hydrogens (tertiary/aromatic N) is 4. The van der Waals surface area contributed by atoms with Crippen LogP contribution in [0.5, 0.6) is 0 Å². The average molecular weight is 563 g/mol. The zero-order valence-electron chi connectivity index (χ0n) is 19.6. The van der Waals surface area contributed by atoms with Gasteiger partial charge in [-0.05, 0) is 30.7 Å². The molecule has 4 heterocycles. The molecule has 3 aromatic heterocycles. The number of carbonyl (C=O) groups excluding carboxylic acids is 2. The van der Waals surface area contributed by atoms with Gasteiger partial charge in [0.2, 0.25) is 5.78 Å². The zero-order valence-corrected chi connectivity index (χ0v) is 21.9. The Morgan fingerprint density at radius 1 is 1.11 bits per heavy atom. The molecule has 1 unspecified atom stereocenters. The number of thiazole rings is 2. The van der Waals surface area contributed by atoms with Crippen LogP contribution in [0.15, 0.2) is 78.3 Å². The van der Waals surface area contributed by atoms with Gasteiger partial charge >= 0.3 is 0 Å². The van der Waals surface area contributed by atoms with Crippen LogP contribution >= 0.6 is 34.3 Å². The molecule has 0 saturated carbocycles. The molecule has 1 atom stereocenters. The Morgan fingerprint density at radius 2 is 1.89 bits per heavy atom. The summed E-state index contributed by atoms with van der Waals surface area (Å²) in [5.41, 5.74) is 2.13. The van der Waals surface area contributed by atoms with Crippen LogP contribution in [0.1, 0.15) is 27.0 Å². The number of rotatable bonds is 5. The molecule has 0 radical (unpaired) electrons. The maximum absolute atomic E-state index is 14.1. The van der Waals surface area contributed by atoms with Crippen LogP contribution in [0.2, 0.25) is 5.02 Å². The lowest BCUT2D eigenvalue weighted by Crippen LogP contribution is -2.31. The van der Waals surface area contributed by atoms with Gasteiger partial charge in [-0.1, -0.05) is 59.3 Å². The summed E-state index contributed by atoms with van der Waals surface area (Å²) in [5.74, 6) is -2.60. The normalized spacial score (nSPS) is 15.6. The largest absolute Gasteiger partial charge is 0.503 e. The summed E-state index contributed by atoms with van der Waals surface area (Å²) >= 11 is 8.17. The van der Waals surface area contributed by atoms with Crippen molar-refractivity contribution in [3.05, 3.63) is 105 Å². The summed E-state index contributed by atoms with van der Waals surface area (Å²) in [6.45, 7) is 1.72. The van der Waals surface area contributed by atoms with E-state index in [1.165, 1.54) is 34.6 Å². The van der Waals surface area contributed by atoms with E-state index in [4.69, 9.17) is 11.6 Å². The molecule has 0 spiro atoms. The number of aliphatic hydroxyl groups excluding tert-OH is 1. The topological polar surface area (TPSA) is 96.3 Å².